The second kappa shape index (κ2) is 4.83. The van der Waals surface area contributed by atoms with E-state index >= 15 is 0 Å². The Labute approximate surface area is 99.8 Å². The van der Waals surface area contributed by atoms with Crippen molar-refractivity contribution in [2.24, 2.45) is 0 Å². The van der Waals surface area contributed by atoms with Crippen LogP contribution in [0.5, 0.6) is 5.75 Å². The van der Waals surface area contributed by atoms with E-state index in [0.717, 1.165) is 13.0 Å². The lowest BCUT2D eigenvalue weighted by atomic mass is 10.2. The summed E-state index contributed by atoms with van der Waals surface area (Å²) in [6.45, 7) is 0.784. The Balaban J connectivity index is 3.07. The van der Waals surface area contributed by atoms with Gasteiger partial charge in [-0.25, -0.2) is 4.79 Å². The summed E-state index contributed by atoms with van der Waals surface area (Å²) in [4.78, 5) is 10.8. The highest BCUT2D eigenvalue weighted by Crippen LogP contribution is 2.30. The molecular weight excluding hydrogens is 261 g/mol. The van der Waals surface area contributed by atoms with Gasteiger partial charge in [0, 0.05) is 0 Å². The molecule has 1 aromatic carbocycles. The third kappa shape index (κ3) is 3.26. The summed E-state index contributed by atoms with van der Waals surface area (Å²) in [6, 6.07) is 3.70. The number of rotatable bonds is 3. The number of benzene rings is 1. The van der Waals surface area contributed by atoms with Crippen molar-refractivity contribution >= 4 is 17.6 Å². The minimum atomic E-state index is -4.57. The summed E-state index contributed by atoms with van der Waals surface area (Å²) in [6.07, 6.45) is -6.68. The third-order valence-electron chi connectivity index (χ3n) is 1.95. The number of carboxylic acids is 1. The van der Waals surface area contributed by atoms with Gasteiger partial charge in [-0.05, 0) is 19.1 Å². The maximum Gasteiger partial charge on any atom is 0.425 e. The van der Waals surface area contributed by atoms with Gasteiger partial charge in [0.1, 0.15) is 11.3 Å². The molecule has 0 spiro atoms. The van der Waals surface area contributed by atoms with Gasteiger partial charge in [0.2, 0.25) is 0 Å². The highest BCUT2D eigenvalue weighted by Gasteiger charge is 2.38. The van der Waals surface area contributed by atoms with Gasteiger partial charge in [0.05, 0.1) is 5.02 Å². The van der Waals surface area contributed by atoms with E-state index < -0.39 is 29.6 Å². The van der Waals surface area contributed by atoms with Crippen LogP contribution in [0.4, 0.5) is 13.2 Å². The Kier molecular flexibility index (Phi) is 3.87. The van der Waals surface area contributed by atoms with Crippen LogP contribution in [0, 0.1) is 0 Å². The number of hydrogen-bond acceptors (Lipinski definition) is 2. The molecule has 1 aromatic rings. The second-order valence-electron chi connectivity index (χ2n) is 3.22. The number of alkyl halides is 3. The van der Waals surface area contributed by atoms with E-state index in [-0.39, 0.29) is 5.02 Å². The lowest BCUT2D eigenvalue weighted by Gasteiger charge is -2.19. The number of carbonyl (C=O) groups is 1. The SMILES string of the molecule is CC(Oc1cccc(Cl)c1C(=O)O)C(F)(F)F. The number of carboxylic acid groups (broad SMARTS) is 1. The van der Waals surface area contributed by atoms with Crippen LogP contribution in [-0.2, 0) is 0 Å². The normalized spacial score (nSPS) is 13.2. The fourth-order valence-corrected chi connectivity index (χ4v) is 1.31. The molecule has 7 heteroatoms. The minimum Gasteiger partial charge on any atom is -0.480 e. The molecule has 0 saturated heterocycles. The van der Waals surface area contributed by atoms with Crippen molar-refractivity contribution in [3.05, 3.63) is 28.8 Å². The van der Waals surface area contributed by atoms with Gasteiger partial charge in [-0.3, -0.25) is 0 Å². The van der Waals surface area contributed by atoms with Gasteiger partial charge in [0.25, 0.3) is 0 Å². The van der Waals surface area contributed by atoms with Crippen LogP contribution in [0.25, 0.3) is 0 Å². The van der Waals surface area contributed by atoms with Crippen molar-refractivity contribution in [1.29, 1.82) is 0 Å². The van der Waals surface area contributed by atoms with Crippen LogP contribution in [0.3, 0.4) is 0 Å². The predicted molar refractivity (Wildman–Crippen MR) is 54.6 cm³/mol. The topological polar surface area (TPSA) is 46.5 Å². The van der Waals surface area contributed by atoms with Gasteiger partial charge < -0.3 is 9.84 Å². The van der Waals surface area contributed by atoms with Crippen molar-refractivity contribution in [2.45, 2.75) is 19.2 Å². The molecule has 1 atom stereocenters. The van der Waals surface area contributed by atoms with Gasteiger partial charge in [-0.1, -0.05) is 17.7 Å². The molecule has 0 aromatic heterocycles. The van der Waals surface area contributed by atoms with E-state index in [1.165, 1.54) is 12.1 Å². The van der Waals surface area contributed by atoms with Crippen LogP contribution in [0.2, 0.25) is 5.02 Å². The first kappa shape index (κ1) is 13.6. The summed E-state index contributed by atoms with van der Waals surface area (Å²) in [7, 11) is 0. The van der Waals surface area contributed by atoms with E-state index in [1.807, 2.05) is 0 Å². The Bertz CT molecular complexity index is 431. The fourth-order valence-electron chi connectivity index (χ4n) is 1.07. The summed E-state index contributed by atoms with van der Waals surface area (Å²) >= 11 is 5.58. The molecule has 94 valence electrons. The number of ether oxygens (including phenoxy) is 1. The first-order valence-corrected chi connectivity index (χ1v) is 4.86. The first-order chi connectivity index (χ1) is 7.73. The van der Waals surface area contributed by atoms with E-state index in [1.54, 1.807) is 0 Å². The summed E-state index contributed by atoms with van der Waals surface area (Å²) in [5, 5.41) is 8.64. The van der Waals surface area contributed by atoms with Gasteiger partial charge in [-0.2, -0.15) is 13.2 Å². The molecule has 1 rings (SSSR count). The lowest BCUT2D eigenvalue weighted by Crippen LogP contribution is -2.31. The van der Waals surface area contributed by atoms with Crippen LogP contribution in [0.15, 0.2) is 18.2 Å². The molecule has 0 amide bonds. The van der Waals surface area contributed by atoms with Gasteiger partial charge in [-0.15, -0.1) is 0 Å². The highest BCUT2D eigenvalue weighted by atomic mass is 35.5. The Morgan fingerprint density at radius 3 is 2.53 bits per heavy atom. The zero-order chi connectivity index (χ0) is 13.2. The van der Waals surface area contributed by atoms with Gasteiger partial charge >= 0.3 is 12.1 Å². The average molecular weight is 269 g/mol. The van der Waals surface area contributed by atoms with E-state index in [9.17, 15) is 18.0 Å². The van der Waals surface area contributed by atoms with Crippen molar-refractivity contribution < 1.29 is 27.8 Å². The molecule has 0 aliphatic heterocycles. The molecule has 1 N–H and O–H groups in total. The van der Waals surface area contributed by atoms with E-state index in [0.29, 0.717) is 0 Å². The van der Waals surface area contributed by atoms with Crippen LogP contribution in [0.1, 0.15) is 17.3 Å². The summed E-state index contributed by atoms with van der Waals surface area (Å²) in [5.74, 6) is -1.85. The summed E-state index contributed by atoms with van der Waals surface area (Å²) in [5.41, 5.74) is -0.481. The van der Waals surface area contributed by atoms with E-state index in [2.05, 4.69) is 4.74 Å². The number of halogens is 4. The molecule has 0 saturated carbocycles. The number of aromatic carboxylic acids is 1. The molecule has 0 radical (unpaired) electrons. The quantitative estimate of drug-likeness (QED) is 0.914. The van der Waals surface area contributed by atoms with E-state index in [4.69, 9.17) is 16.7 Å². The molecule has 1 unspecified atom stereocenters. The monoisotopic (exact) mass is 268 g/mol. The number of hydrogen-bond donors (Lipinski definition) is 1. The average Bonchev–Trinajstić information content (AvgIpc) is 2.15. The largest absolute Gasteiger partial charge is 0.480 e. The lowest BCUT2D eigenvalue weighted by molar-refractivity contribution is -0.189. The van der Waals surface area contributed by atoms with Crippen LogP contribution in [-0.4, -0.2) is 23.4 Å². The molecule has 17 heavy (non-hydrogen) atoms. The van der Waals surface area contributed by atoms with Crippen molar-refractivity contribution in [3.63, 3.8) is 0 Å². The standard InChI is InChI=1S/C10H8ClF3O3/c1-5(10(12,13)14)17-7-4-2-3-6(11)8(7)9(15)16/h2-5H,1H3,(H,15,16). The molecule has 3 nitrogen and oxygen atoms in total. The maximum absolute atomic E-state index is 12.3. The van der Waals surface area contributed by atoms with Crippen LogP contribution >= 0.6 is 11.6 Å². The zero-order valence-corrected chi connectivity index (χ0v) is 9.34. The highest BCUT2D eigenvalue weighted by molar-refractivity contribution is 6.33. The Morgan fingerprint density at radius 1 is 1.47 bits per heavy atom. The first-order valence-electron chi connectivity index (χ1n) is 4.48. The molecule has 0 bridgehead atoms. The second-order valence-corrected chi connectivity index (χ2v) is 3.63. The fraction of sp³-hybridized carbons (Fsp3) is 0.300. The van der Waals surface area contributed by atoms with Crippen LogP contribution < -0.4 is 4.74 Å². The molecule has 0 aliphatic rings. The Hall–Kier alpha value is -1.43. The van der Waals surface area contributed by atoms with Crippen molar-refractivity contribution in [3.8, 4) is 5.75 Å². The molecule has 0 heterocycles. The van der Waals surface area contributed by atoms with Crippen molar-refractivity contribution in [1.82, 2.24) is 0 Å². The zero-order valence-electron chi connectivity index (χ0n) is 8.58. The Morgan fingerprint density at radius 2 is 2.06 bits per heavy atom. The summed E-state index contributed by atoms with van der Waals surface area (Å²) < 4.78 is 41.4. The molecule has 0 aliphatic carbocycles. The molecular formula is C10H8ClF3O3. The molecule has 0 fully saturated rings. The van der Waals surface area contributed by atoms with Crippen molar-refractivity contribution in [2.75, 3.05) is 0 Å². The third-order valence-corrected chi connectivity index (χ3v) is 2.27. The van der Waals surface area contributed by atoms with Gasteiger partial charge in [0.15, 0.2) is 6.10 Å². The smallest absolute Gasteiger partial charge is 0.425 e. The minimum absolute atomic E-state index is 0.177. The predicted octanol–water partition coefficient (Wildman–Crippen LogP) is 3.37. The maximum atomic E-state index is 12.3.